The number of carboxylic acid groups (broad SMARTS) is 2. The minimum absolute atomic E-state index is 0.558. The van der Waals surface area contributed by atoms with Crippen LogP contribution in [0.4, 0.5) is 5.82 Å². The summed E-state index contributed by atoms with van der Waals surface area (Å²) in [5.74, 6) is -1.53. The van der Waals surface area contributed by atoms with Crippen LogP contribution in [0.1, 0.15) is 16.8 Å². The molecule has 3 heterocycles. The molecule has 0 unspecified atom stereocenters. The topological polar surface area (TPSA) is 125 Å². The highest BCUT2D eigenvalue weighted by Gasteiger charge is 2.22. The van der Waals surface area contributed by atoms with Gasteiger partial charge < -0.3 is 15.1 Å². The van der Waals surface area contributed by atoms with Crippen LogP contribution in [0, 0.1) is 13.8 Å². The number of benzene rings is 1. The van der Waals surface area contributed by atoms with Crippen LogP contribution in [-0.2, 0) is 23.2 Å². The Labute approximate surface area is 204 Å². The maximum absolute atomic E-state index is 9.55. The molecule has 2 aromatic heterocycles. The number of nitrogens with zero attached hydrogens (tertiary/aromatic N) is 6. The molecule has 1 fully saturated rings. The third-order valence-electron chi connectivity index (χ3n) is 5.55. The second-order valence-electron chi connectivity index (χ2n) is 8.28. The lowest BCUT2D eigenvalue weighted by Gasteiger charge is -2.35. The van der Waals surface area contributed by atoms with E-state index in [1.165, 1.54) is 11.1 Å². The average molecular weight is 479 g/mol. The number of aliphatic carboxylic acids is 2. The summed E-state index contributed by atoms with van der Waals surface area (Å²) in [4.78, 5) is 33.2. The van der Waals surface area contributed by atoms with Gasteiger partial charge in [0.1, 0.15) is 5.69 Å². The lowest BCUT2D eigenvalue weighted by molar-refractivity contribution is -0.134. The average Bonchev–Trinajstić information content (AvgIpc) is 3.15. The number of aromatic nitrogens is 4. The summed E-state index contributed by atoms with van der Waals surface area (Å²) in [6.07, 6.45) is 6.81. The molecule has 1 aliphatic heterocycles. The van der Waals surface area contributed by atoms with Crippen LogP contribution >= 0.6 is 0 Å². The van der Waals surface area contributed by atoms with Gasteiger partial charge in [0.15, 0.2) is 5.82 Å². The first kappa shape index (κ1) is 25.6. The molecule has 0 bridgehead atoms. The Bertz CT molecular complexity index is 1160. The normalized spacial score (nSPS) is 14.0. The molecular weight excluding hydrogens is 448 g/mol. The first-order valence-electron chi connectivity index (χ1n) is 11.2. The minimum atomic E-state index is -1.26. The van der Waals surface area contributed by atoms with Gasteiger partial charge >= 0.3 is 11.9 Å². The molecule has 184 valence electrons. The standard InChI is InChI=1S/C21H26N6.C4H4O4/c1-16-4-6-18(7-5-16)20-21(23-9-8-22-20)27-12-10-26(11-13-27)15-19-14-25(3)24-17(19)2;5-3(6)1-2-4(7)8/h4-9,14H,10-13,15H2,1-3H3;1-2H,(H,5,6)(H,7,8)/b;2-1+. The Morgan fingerprint density at radius 2 is 1.54 bits per heavy atom. The SMILES string of the molecule is Cc1ccc(-c2nccnc2N2CCN(Cc3cn(C)nc3C)CC2)cc1.O=C(O)/C=C/C(=O)O. The van der Waals surface area contributed by atoms with Crippen LogP contribution in [0.3, 0.4) is 0 Å². The molecule has 4 rings (SSSR count). The highest BCUT2D eigenvalue weighted by atomic mass is 16.4. The molecular formula is C25H30N6O4. The van der Waals surface area contributed by atoms with Crippen LogP contribution < -0.4 is 4.90 Å². The van der Waals surface area contributed by atoms with E-state index in [2.05, 4.69) is 69.2 Å². The quantitative estimate of drug-likeness (QED) is 0.514. The number of anilines is 1. The summed E-state index contributed by atoms with van der Waals surface area (Å²) >= 11 is 0. The van der Waals surface area contributed by atoms with E-state index >= 15 is 0 Å². The van der Waals surface area contributed by atoms with Crippen molar-refractivity contribution in [3.8, 4) is 11.3 Å². The zero-order valence-electron chi connectivity index (χ0n) is 20.1. The van der Waals surface area contributed by atoms with Gasteiger partial charge in [-0.05, 0) is 13.8 Å². The maximum Gasteiger partial charge on any atom is 0.328 e. The van der Waals surface area contributed by atoms with Gasteiger partial charge in [0.25, 0.3) is 0 Å². The summed E-state index contributed by atoms with van der Waals surface area (Å²) in [7, 11) is 1.98. The van der Waals surface area contributed by atoms with Crippen molar-refractivity contribution >= 4 is 17.8 Å². The Morgan fingerprint density at radius 3 is 2.09 bits per heavy atom. The van der Waals surface area contributed by atoms with Gasteiger partial charge in [0.2, 0.25) is 0 Å². The van der Waals surface area contributed by atoms with Crippen molar-refractivity contribution in [1.82, 2.24) is 24.6 Å². The van der Waals surface area contributed by atoms with Gasteiger partial charge in [-0.3, -0.25) is 14.6 Å². The summed E-state index contributed by atoms with van der Waals surface area (Å²) in [5.41, 5.74) is 5.77. The van der Waals surface area contributed by atoms with Gasteiger partial charge in [-0.25, -0.2) is 14.6 Å². The van der Waals surface area contributed by atoms with Crippen molar-refractivity contribution in [2.45, 2.75) is 20.4 Å². The third kappa shape index (κ3) is 7.47. The van der Waals surface area contributed by atoms with E-state index in [9.17, 15) is 9.59 Å². The summed E-state index contributed by atoms with van der Waals surface area (Å²) < 4.78 is 1.90. The molecule has 10 heteroatoms. The van der Waals surface area contributed by atoms with E-state index in [0.29, 0.717) is 12.2 Å². The Balaban J connectivity index is 0.000000371. The van der Waals surface area contributed by atoms with Crippen LogP contribution in [0.15, 0.2) is 55.0 Å². The second-order valence-corrected chi connectivity index (χ2v) is 8.28. The number of carboxylic acids is 2. The Morgan fingerprint density at radius 1 is 0.943 bits per heavy atom. The monoisotopic (exact) mass is 478 g/mol. The fourth-order valence-corrected chi connectivity index (χ4v) is 3.78. The minimum Gasteiger partial charge on any atom is -0.478 e. The van der Waals surface area contributed by atoms with Crippen molar-refractivity contribution in [2.75, 3.05) is 31.1 Å². The van der Waals surface area contributed by atoms with E-state index in [0.717, 1.165) is 55.5 Å². The summed E-state index contributed by atoms with van der Waals surface area (Å²) in [6.45, 7) is 9.08. The molecule has 0 aliphatic carbocycles. The highest BCUT2D eigenvalue weighted by Crippen LogP contribution is 2.27. The summed E-state index contributed by atoms with van der Waals surface area (Å²) in [6, 6.07) is 8.51. The van der Waals surface area contributed by atoms with Crippen molar-refractivity contribution in [2.24, 2.45) is 7.05 Å². The predicted molar refractivity (Wildman–Crippen MR) is 132 cm³/mol. The largest absolute Gasteiger partial charge is 0.478 e. The van der Waals surface area contributed by atoms with Crippen LogP contribution in [0.2, 0.25) is 0 Å². The first-order chi connectivity index (χ1) is 16.7. The molecule has 0 amide bonds. The number of aryl methyl sites for hydroxylation is 3. The number of hydrogen-bond donors (Lipinski definition) is 2. The fourth-order valence-electron chi connectivity index (χ4n) is 3.78. The lowest BCUT2D eigenvalue weighted by atomic mass is 10.1. The summed E-state index contributed by atoms with van der Waals surface area (Å²) in [5, 5.41) is 20.1. The maximum atomic E-state index is 9.55. The van der Waals surface area contributed by atoms with Crippen molar-refractivity contribution < 1.29 is 19.8 Å². The van der Waals surface area contributed by atoms with Gasteiger partial charge in [0.05, 0.1) is 5.69 Å². The lowest BCUT2D eigenvalue weighted by Crippen LogP contribution is -2.46. The smallest absolute Gasteiger partial charge is 0.328 e. The van der Waals surface area contributed by atoms with Gasteiger partial charge in [-0.2, -0.15) is 5.10 Å². The fraction of sp³-hybridized carbons (Fsp3) is 0.320. The Kier molecular flexibility index (Phi) is 8.69. The van der Waals surface area contributed by atoms with Crippen molar-refractivity contribution in [1.29, 1.82) is 0 Å². The van der Waals surface area contributed by atoms with Crippen molar-refractivity contribution in [3.05, 3.63) is 71.8 Å². The number of piperazine rings is 1. The predicted octanol–water partition coefficient (Wildman–Crippen LogP) is 2.53. The molecule has 1 saturated heterocycles. The number of carbonyl (C=O) groups is 2. The molecule has 0 saturated carbocycles. The molecule has 0 spiro atoms. The van der Waals surface area contributed by atoms with Crippen LogP contribution in [0.25, 0.3) is 11.3 Å². The van der Waals surface area contributed by atoms with E-state index in [1.54, 1.807) is 12.4 Å². The number of rotatable bonds is 6. The number of hydrogen-bond acceptors (Lipinski definition) is 7. The van der Waals surface area contributed by atoms with Crippen LogP contribution in [-0.4, -0.2) is 73.0 Å². The van der Waals surface area contributed by atoms with E-state index in [4.69, 9.17) is 10.2 Å². The molecule has 10 nitrogen and oxygen atoms in total. The molecule has 1 aromatic carbocycles. The molecule has 0 atom stereocenters. The molecule has 3 aromatic rings. The molecule has 35 heavy (non-hydrogen) atoms. The molecule has 1 aliphatic rings. The Hall–Kier alpha value is -4.05. The van der Waals surface area contributed by atoms with Crippen LogP contribution in [0.5, 0.6) is 0 Å². The molecule has 0 radical (unpaired) electrons. The zero-order valence-corrected chi connectivity index (χ0v) is 20.1. The van der Waals surface area contributed by atoms with Gasteiger partial charge in [0, 0.05) is 81.6 Å². The van der Waals surface area contributed by atoms with Gasteiger partial charge in [-0.15, -0.1) is 0 Å². The van der Waals surface area contributed by atoms with E-state index < -0.39 is 11.9 Å². The van der Waals surface area contributed by atoms with Crippen molar-refractivity contribution in [3.63, 3.8) is 0 Å². The molecule has 2 N–H and O–H groups in total. The van der Waals surface area contributed by atoms with Gasteiger partial charge in [-0.1, -0.05) is 29.8 Å². The highest BCUT2D eigenvalue weighted by molar-refractivity contribution is 5.89. The zero-order chi connectivity index (χ0) is 25.4. The van der Waals surface area contributed by atoms with E-state index in [-0.39, 0.29) is 0 Å². The van der Waals surface area contributed by atoms with E-state index in [1.807, 2.05) is 11.7 Å². The third-order valence-corrected chi connectivity index (χ3v) is 5.55. The first-order valence-corrected chi connectivity index (χ1v) is 11.2. The second kappa shape index (κ2) is 11.9.